The largest absolute Gasteiger partial charge is 0.469 e. The van der Waals surface area contributed by atoms with E-state index in [9.17, 15) is 0 Å². The standard InChI is InChI=1S/C20H27N3O/c1-15(2)22-20(21-12-11-19-8-5-13-24-19)23-18-10-9-16-6-3-4-7-17(16)14-18/h3-8,13,15,18H,9-12,14H2,1-2H3,(H2,21,22,23). The van der Waals surface area contributed by atoms with Crippen molar-refractivity contribution in [2.75, 3.05) is 6.54 Å². The lowest BCUT2D eigenvalue weighted by Crippen LogP contribution is -2.47. The number of fused-ring (bicyclic) bond motifs is 1. The Kier molecular flexibility index (Phi) is 5.57. The first-order chi connectivity index (χ1) is 11.7. The summed E-state index contributed by atoms with van der Waals surface area (Å²) < 4.78 is 5.38. The van der Waals surface area contributed by atoms with E-state index in [-0.39, 0.29) is 0 Å². The van der Waals surface area contributed by atoms with Gasteiger partial charge in [0.05, 0.1) is 6.26 Å². The monoisotopic (exact) mass is 325 g/mol. The molecule has 3 rings (SSSR count). The fourth-order valence-electron chi connectivity index (χ4n) is 3.15. The number of guanidine groups is 1. The first-order valence-corrected chi connectivity index (χ1v) is 8.87. The molecule has 2 N–H and O–H groups in total. The molecule has 0 spiro atoms. The molecule has 1 heterocycles. The van der Waals surface area contributed by atoms with Crippen LogP contribution in [0.3, 0.4) is 0 Å². The molecule has 1 unspecified atom stereocenters. The minimum Gasteiger partial charge on any atom is -0.469 e. The van der Waals surface area contributed by atoms with Crippen molar-refractivity contribution in [3.05, 3.63) is 59.5 Å². The number of hydrogen-bond donors (Lipinski definition) is 2. The molecule has 0 saturated heterocycles. The van der Waals surface area contributed by atoms with E-state index in [0.717, 1.165) is 43.9 Å². The Morgan fingerprint density at radius 1 is 1.21 bits per heavy atom. The van der Waals surface area contributed by atoms with Crippen LogP contribution in [-0.2, 0) is 19.3 Å². The van der Waals surface area contributed by atoms with E-state index in [1.807, 2.05) is 12.1 Å². The van der Waals surface area contributed by atoms with Gasteiger partial charge in [0.15, 0.2) is 5.96 Å². The van der Waals surface area contributed by atoms with E-state index in [1.165, 1.54) is 11.1 Å². The molecule has 1 aliphatic carbocycles. The van der Waals surface area contributed by atoms with E-state index >= 15 is 0 Å². The first-order valence-electron chi connectivity index (χ1n) is 8.87. The molecule has 1 atom stereocenters. The molecule has 1 aromatic carbocycles. The zero-order chi connectivity index (χ0) is 16.8. The number of benzene rings is 1. The van der Waals surface area contributed by atoms with E-state index < -0.39 is 0 Å². The van der Waals surface area contributed by atoms with Crippen LogP contribution in [-0.4, -0.2) is 24.6 Å². The van der Waals surface area contributed by atoms with Crippen LogP contribution < -0.4 is 10.6 Å². The Labute approximate surface area is 144 Å². The normalized spacial score (nSPS) is 17.6. The van der Waals surface area contributed by atoms with Gasteiger partial charge in [0.25, 0.3) is 0 Å². The smallest absolute Gasteiger partial charge is 0.191 e. The van der Waals surface area contributed by atoms with Crippen LogP contribution in [0.25, 0.3) is 0 Å². The molecule has 4 heteroatoms. The topological polar surface area (TPSA) is 49.6 Å². The van der Waals surface area contributed by atoms with Gasteiger partial charge in [-0.3, -0.25) is 4.99 Å². The molecular formula is C20H27N3O. The van der Waals surface area contributed by atoms with Gasteiger partial charge < -0.3 is 15.1 Å². The third-order valence-electron chi connectivity index (χ3n) is 4.32. The average Bonchev–Trinajstić information content (AvgIpc) is 3.07. The van der Waals surface area contributed by atoms with Crippen molar-refractivity contribution in [1.29, 1.82) is 0 Å². The van der Waals surface area contributed by atoms with Crippen molar-refractivity contribution < 1.29 is 4.42 Å². The molecule has 24 heavy (non-hydrogen) atoms. The Morgan fingerprint density at radius 2 is 2.04 bits per heavy atom. The molecule has 1 aliphatic rings. The average molecular weight is 325 g/mol. The van der Waals surface area contributed by atoms with Crippen molar-refractivity contribution in [2.45, 2.75) is 51.6 Å². The van der Waals surface area contributed by atoms with Gasteiger partial charge in [-0.1, -0.05) is 24.3 Å². The van der Waals surface area contributed by atoms with Crippen LogP contribution >= 0.6 is 0 Å². The van der Waals surface area contributed by atoms with E-state index in [1.54, 1.807) is 6.26 Å². The number of aryl methyl sites for hydroxylation is 1. The molecule has 4 nitrogen and oxygen atoms in total. The third-order valence-corrected chi connectivity index (χ3v) is 4.32. The van der Waals surface area contributed by atoms with Crippen molar-refractivity contribution in [2.24, 2.45) is 4.99 Å². The van der Waals surface area contributed by atoms with Gasteiger partial charge in [0.2, 0.25) is 0 Å². The number of nitrogens with one attached hydrogen (secondary N) is 2. The fraction of sp³-hybridized carbons (Fsp3) is 0.450. The zero-order valence-corrected chi connectivity index (χ0v) is 14.6. The number of nitrogens with zero attached hydrogens (tertiary/aromatic N) is 1. The Bertz CT molecular complexity index is 661. The molecule has 1 aromatic heterocycles. The van der Waals surface area contributed by atoms with Gasteiger partial charge in [-0.05, 0) is 56.4 Å². The lowest BCUT2D eigenvalue weighted by molar-refractivity contribution is 0.506. The molecule has 0 aliphatic heterocycles. The lowest BCUT2D eigenvalue weighted by atomic mass is 9.88. The summed E-state index contributed by atoms with van der Waals surface area (Å²) in [6, 6.07) is 13.5. The van der Waals surface area contributed by atoms with Crippen LogP contribution in [0, 0.1) is 0 Å². The Morgan fingerprint density at radius 3 is 2.79 bits per heavy atom. The van der Waals surface area contributed by atoms with Crippen LogP contribution in [0.5, 0.6) is 0 Å². The number of furan rings is 1. The second kappa shape index (κ2) is 8.04. The summed E-state index contributed by atoms with van der Waals surface area (Å²) in [6.45, 7) is 5.00. The molecule has 0 fully saturated rings. The molecule has 2 aromatic rings. The van der Waals surface area contributed by atoms with Gasteiger partial charge in [0.1, 0.15) is 5.76 Å². The lowest BCUT2D eigenvalue weighted by Gasteiger charge is -2.27. The first kappa shape index (κ1) is 16.6. The number of aliphatic imine (C=N–C) groups is 1. The van der Waals surface area contributed by atoms with Crippen molar-refractivity contribution >= 4 is 5.96 Å². The number of hydrogen-bond acceptors (Lipinski definition) is 2. The van der Waals surface area contributed by atoms with Gasteiger partial charge >= 0.3 is 0 Å². The molecule has 0 amide bonds. The summed E-state index contributed by atoms with van der Waals surface area (Å²) in [5, 5.41) is 7.06. The highest BCUT2D eigenvalue weighted by atomic mass is 16.3. The summed E-state index contributed by atoms with van der Waals surface area (Å²) in [7, 11) is 0. The Balaban J connectivity index is 1.59. The predicted octanol–water partition coefficient (Wildman–Crippen LogP) is 3.32. The van der Waals surface area contributed by atoms with Gasteiger partial charge in [0, 0.05) is 25.0 Å². The number of rotatable bonds is 5. The van der Waals surface area contributed by atoms with E-state index in [0.29, 0.717) is 12.1 Å². The summed E-state index contributed by atoms with van der Waals surface area (Å²) in [6.07, 6.45) is 5.88. The zero-order valence-electron chi connectivity index (χ0n) is 14.6. The van der Waals surface area contributed by atoms with Crippen molar-refractivity contribution in [3.8, 4) is 0 Å². The molecule has 128 valence electrons. The molecule has 0 saturated carbocycles. The van der Waals surface area contributed by atoms with Crippen LogP contribution in [0.4, 0.5) is 0 Å². The quantitative estimate of drug-likeness (QED) is 0.655. The minimum absolute atomic E-state index is 0.357. The maximum absolute atomic E-state index is 5.38. The second-order valence-electron chi connectivity index (χ2n) is 6.71. The summed E-state index contributed by atoms with van der Waals surface area (Å²) in [5.41, 5.74) is 2.95. The molecular weight excluding hydrogens is 298 g/mol. The maximum atomic E-state index is 5.38. The van der Waals surface area contributed by atoms with Gasteiger partial charge in [-0.15, -0.1) is 0 Å². The summed E-state index contributed by atoms with van der Waals surface area (Å²) in [4.78, 5) is 4.72. The van der Waals surface area contributed by atoms with Crippen LogP contribution in [0.1, 0.15) is 37.2 Å². The SMILES string of the molecule is CC(C)NC(=NCCc1ccco1)NC1CCc2ccccc2C1. The highest BCUT2D eigenvalue weighted by Crippen LogP contribution is 2.20. The van der Waals surface area contributed by atoms with Crippen LogP contribution in [0.2, 0.25) is 0 Å². The van der Waals surface area contributed by atoms with E-state index in [4.69, 9.17) is 9.41 Å². The highest BCUT2D eigenvalue weighted by molar-refractivity contribution is 5.80. The molecule has 0 radical (unpaired) electrons. The fourth-order valence-corrected chi connectivity index (χ4v) is 3.15. The maximum Gasteiger partial charge on any atom is 0.191 e. The third kappa shape index (κ3) is 4.63. The van der Waals surface area contributed by atoms with Gasteiger partial charge in [-0.2, -0.15) is 0 Å². The summed E-state index contributed by atoms with van der Waals surface area (Å²) >= 11 is 0. The molecule has 0 bridgehead atoms. The van der Waals surface area contributed by atoms with Gasteiger partial charge in [-0.25, -0.2) is 0 Å². The van der Waals surface area contributed by atoms with E-state index in [2.05, 4.69) is 48.7 Å². The highest BCUT2D eigenvalue weighted by Gasteiger charge is 2.19. The predicted molar refractivity (Wildman–Crippen MR) is 98.4 cm³/mol. The van der Waals surface area contributed by atoms with Crippen molar-refractivity contribution in [3.63, 3.8) is 0 Å². The minimum atomic E-state index is 0.357. The van der Waals surface area contributed by atoms with Crippen molar-refractivity contribution in [1.82, 2.24) is 10.6 Å². The van der Waals surface area contributed by atoms with Crippen LogP contribution in [0.15, 0.2) is 52.1 Å². The Hall–Kier alpha value is -2.23. The summed E-state index contributed by atoms with van der Waals surface area (Å²) in [5.74, 6) is 1.88. The second-order valence-corrected chi connectivity index (χ2v) is 6.71.